The van der Waals surface area contributed by atoms with E-state index in [4.69, 9.17) is 9.47 Å². The zero-order valence-corrected chi connectivity index (χ0v) is 19.1. The van der Waals surface area contributed by atoms with Gasteiger partial charge in [0, 0.05) is 28.2 Å². The van der Waals surface area contributed by atoms with E-state index in [1.807, 2.05) is 0 Å². The van der Waals surface area contributed by atoms with Gasteiger partial charge in [0.25, 0.3) is 0 Å². The summed E-state index contributed by atoms with van der Waals surface area (Å²) in [5, 5.41) is 0. The summed E-state index contributed by atoms with van der Waals surface area (Å²) < 4.78 is 68.1. The molecule has 6 heteroatoms. The summed E-state index contributed by atoms with van der Waals surface area (Å²) in [6.07, 6.45) is 3.95. The van der Waals surface area contributed by atoms with Crippen molar-refractivity contribution >= 4 is 0 Å². The maximum Gasteiger partial charge on any atom is 0.183 e. The highest BCUT2D eigenvalue weighted by Gasteiger charge is 2.24. The van der Waals surface area contributed by atoms with Gasteiger partial charge in [-0.2, -0.15) is 0 Å². The second-order valence-corrected chi connectivity index (χ2v) is 8.73. The minimum atomic E-state index is -0.931. The van der Waals surface area contributed by atoms with Gasteiger partial charge in [-0.1, -0.05) is 62.6 Å². The first-order valence-corrected chi connectivity index (χ1v) is 11.7. The van der Waals surface area contributed by atoms with E-state index in [0.717, 1.165) is 18.9 Å². The third kappa shape index (κ3) is 5.50. The summed E-state index contributed by atoms with van der Waals surface area (Å²) in [5.41, 5.74) is 1.53. The largest absolute Gasteiger partial charge is 0.348 e. The summed E-state index contributed by atoms with van der Waals surface area (Å²) >= 11 is 0. The Kier molecular flexibility index (Phi) is 8.01. The molecule has 3 aromatic rings. The van der Waals surface area contributed by atoms with Gasteiger partial charge in [0.15, 0.2) is 6.29 Å². The van der Waals surface area contributed by atoms with Crippen molar-refractivity contribution < 1.29 is 27.0 Å². The standard InChI is InChI=1S/C28H28F4O2/c1-2-3-4-5-18-16-33-28(34-17-18)21-9-11-24(27(32)14-21)20-8-10-23(26(31)13-20)19-6-7-22(15-29)25(30)12-19/h6-14,18,28H,2-5,15-17H2,1H3. The van der Waals surface area contributed by atoms with Crippen LogP contribution in [0.15, 0.2) is 54.6 Å². The molecule has 0 unspecified atom stereocenters. The molecule has 1 aliphatic heterocycles. The van der Waals surface area contributed by atoms with E-state index in [0.29, 0.717) is 30.3 Å². The quantitative estimate of drug-likeness (QED) is 0.243. The van der Waals surface area contributed by atoms with Crippen LogP contribution in [0.3, 0.4) is 0 Å². The van der Waals surface area contributed by atoms with Crippen molar-refractivity contribution in [2.24, 2.45) is 5.92 Å². The Hall–Kier alpha value is -2.70. The van der Waals surface area contributed by atoms with Gasteiger partial charge < -0.3 is 9.47 Å². The Morgan fingerprint density at radius 3 is 1.97 bits per heavy atom. The Morgan fingerprint density at radius 2 is 1.38 bits per heavy atom. The average molecular weight is 473 g/mol. The molecule has 180 valence electrons. The predicted octanol–water partition coefficient (Wildman–Crippen LogP) is 8.15. The highest BCUT2D eigenvalue weighted by Crippen LogP contribution is 2.33. The van der Waals surface area contributed by atoms with Gasteiger partial charge >= 0.3 is 0 Å². The van der Waals surface area contributed by atoms with Gasteiger partial charge in [-0.25, -0.2) is 17.6 Å². The van der Waals surface area contributed by atoms with Crippen LogP contribution >= 0.6 is 0 Å². The van der Waals surface area contributed by atoms with Crippen LogP contribution in [0.25, 0.3) is 22.3 Å². The molecule has 0 saturated carbocycles. The SMILES string of the molecule is CCCCCC1COC(c2ccc(-c3ccc(-c4ccc(CF)c(F)c4)c(F)c3)c(F)c2)OC1. The molecule has 0 radical (unpaired) electrons. The number of benzene rings is 3. The van der Waals surface area contributed by atoms with Crippen LogP contribution in [-0.2, 0) is 16.1 Å². The minimum Gasteiger partial charge on any atom is -0.348 e. The molecule has 2 nitrogen and oxygen atoms in total. The normalized spacial score (nSPS) is 18.3. The average Bonchev–Trinajstić information content (AvgIpc) is 2.84. The lowest BCUT2D eigenvalue weighted by atomic mass is 9.97. The lowest BCUT2D eigenvalue weighted by Crippen LogP contribution is -2.27. The van der Waals surface area contributed by atoms with Crippen molar-refractivity contribution in [2.45, 2.75) is 45.6 Å². The fourth-order valence-electron chi connectivity index (χ4n) is 4.24. The van der Waals surface area contributed by atoms with Gasteiger partial charge in [-0.3, -0.25) is 0 Å². The van der Waals surface area contributed by atoms with Crippen LogP contribution in [0.4, 0.5) is 17.6 Å². The van der Waals surface area contributed by atoms with Gasteiger partial charge in [0.2, 0.25) is 0 Å². The summed E-state index contributed by atoms with van der Waals surface area (Å²) in [5.74, 6) is -1.51. The van der Waals surface area contributed by atoms with Crippen LogP contribution in [0.1, 0.15) is 50.0 Å². The molecular weight excluding hydrogens is 444 g/mol. The van der Waals surface area contributed by atoms with Crippen LogP contribution in [0.5, 0.6) is 0 Å². The number of alkyl halides is 1. The summed E-state index contributed by atoms with van der Waals surface area (Å²) in [4.78, 5) is 0. The molecular formula is C28H28F4O2. The second kappa shape index (κ2) is 11.2. The van der Waals surface area contributed by atoms with E-state index in [2.05, 4.69) is 6.92 Å². The van der Waals surface area contributed by atoms with Gasteiger partial charge in [0.1, 0.15) is 24.1 Å². The monoisotopic (exact) mass is 472 g/mol. The van der Waals surface area contributed by atoms with Crippen LogP contribution in [0.2, 0.25) is 0 Å². The first-order chi connectivity index (χ1) is 16.5. The number of hydrogen-bond donors (Lipinski definition) is 0. The molecule has 1 aliphatic rings. The fourth-order valence-corrected chi connectivity index (χ4v) is 4.24. The molecule has 0 N–H and O–H groups in total. The van der Waals surface area contributed by atoms with Crippen molar-refractivity contribution in [2.75, 3.05) is 13.2 Å². The predicted molar refractivity (Wildman–Crippen MR) is 124 cm³/mol. The molecule has 0 aliphatic carbocycles. The van der Waals surface area contributed by atoms with E-state index in [-0.39, 0.29) is 22.3 Å². The van der Waals surface area contributed by atoms with Crippen molar-refractivity contribution in [1.82, 2.24) is 0 Å². The molecule has 0 atom stereocenters. The second-order valence-electron chi connectivity index (χ2n) is 8.73. The zero-order valence-electron chi connectivity index (χ0n) is 19.1. The van der Waals surface area contributed by atoms with Crippen LogP contribution < -0.4 is 0 Å². The smallest absolute Gasteiger partial charge is 0.183 e. The Labute approximate surface area is 197 Å². The number of rotatable bonds is 8. The van der Waals surface area contributed by atoms with Crippen LogP contribution in [-0.4, -0.2) is 13.2 Å². The topological polar surface area (TPSA) is 18.5 Å². The highest BCUT2D eigenvalue weighted by molar-refractivity contribution is 5.71. The maximum absolute atomic E-state index is 14.9. The molecule has 4 rings (SSSR count). The minimum absolute atomic E-state index is 0.0825. The van der Waals surface area contributed by atoms with Gasteiger partial charge in [-0.05, 0) is 35.7 Å². The molecule has 0 aromatic heterocycles. The van der Waals surface area contributed by atoms with Crippen molar-refractivity contribution in [3.8, 4) is 22.3 Å². The summed E-state index contributed by atoms with van der Waals surface area (Å²) in [7, 11) is 0. The lowest BCUT2D eigenvalue weighted by molar-refractivity contribution is -0.206. The number of unbranched alkanes of at least 4 members (excludes halogenated alkanes) is 2. The molecule has 1 fully saturated rings. The summed E-state index contributed by atoms with van der Waals surface area (Å²) in [6, 6.07) is 12.8. The highest BCUT2D eigenvalue weighted by atomic mass is 19.1. The third-order valence-corrected chi connectivity index (χ3v) is 6.24. The first kappa shape index (κ1) is 24.4. The van der Waals surface area contributed by atoms with Crippen molar-refractivity contribution in [1.29, 1.82) is 0 Å². The molecule has 0 spiro atoms. The number of halogens is 4. The molecule has 3 aromatic carbocycles. The zero-order chi connectivity index (χ0) is 24.1. The molecule has 34 heavy (non-hydrogen) atoms. The van der Waals surface area contributed by atoms with E-state index in [1.165, 1.54) is 43.2 Å². The first-order valence-electron chi connectivity index (χ1n) is 11.7. The molecule has 1 heterocycles. The van der Waals surface area contributed by atoms with Gasteiger partial charge in [0.05, 0.1) is 13.2 Å². The Balaban J connectivity index is 1.47. The Morgan fingerprint density at radius 1 is 0.765 bits per heavy atom. The number of hydrogen-bond acceptors (Lipinski definition) is 2. The number of ether oxygens (including phenoxy) is 2. The maximum atomic E-state index is 14.9. The van der Waals surface area contributed by atoms with Crippen molar-refractivity contribution in [3.05, 3.63) is 83.2 Å². The summed E-state index contributed by atoms with van der Waals surface area (Å²) in [6.45, 7) is 2.40. The van der Waals surface area contributed by atoms with Crippen molar-refractivity contribution in [3.63, 3.8) is 0 Å². The van der Waals surface area contributed by atoms with E-state index in [1.54, 1.807) is 18.2 Å². The molecule has 0 bridgehead atoms. The Bertz CT molecular complexity index is 1120. The van der Waals surface area contributed by atoms with Gasteiger partial charge in [-0.15, -0.1) is 0 Å². The van der Waals surface area contributed by atoms with E-state index in [9.17, 15) is 17.6 Å². The van der Waals surface area contributed by atoms with E-state index >= 15 is 0 Å². The third-order valence-electron chi connectivity index (χ3n) is 6.24. The van der Waals surface area contributed by atoms with E-state index < -0.39 is 30.4 Å². The fraction of sp³-hybridized carbons (Fsp3) is 0.357. The van der Waals surface area contributed by atoms with Crippen LogP contribution in [0, 0.1) is 23.4 Å². The molecule has 1 saturated heterocycles. The lowest BCUT2D eigenvalue weighted by Gasteiger charge is -2.29. The molecule has 0 amide bonds.